The van der Waals surface area contributed by atoms with Crippen LogP contribution in [-0.2, 0) is 6.18 Å². The lowest BCUT2D eigenvalue weighted by atomic mass is 9.99. The number of halogens is 3. The van der Waals surface area contributed by atoms with E-state index in [1.165, 1.54) is 16.8 Å². The van der Waals surface area contributed by atoms with Crippen LogP contribution in [0.4, 0.5) is 39.8 Å². The molecule has 3 atom stereocenters. The number of hydrogen-bond donors (Lipinski definition) is 4. The second-order valence-corrected chi connectivity index (χ2v) is 11.0. The van der Waals surface area contributed by atoms with Gasteiger partial charge in [-0.15, -0.1) is 0 Å². The minimum Gasteiger partial charge on any atom is -0.485 e. The Morgan fingerprint density at radius 3 is 2.42 bits per heavy atom. The molecule has 1 aromatic heterocycles. The number of carbonyl (C=O) groups excluding carboxylic acids is 3. The Hall–Kier alpha value is -4.79. The van der Waals surface area contributed by atoms with E-state index in [0.29, 0.717) is 17.1 Å². The Morgan fingerprint density at radius 1 is 1.13 bits per heavy atom. The number of amides is 5. The van der Waals surface area contributed by atoms with Gasteiger partial charge in [-0.3, -0.25) is 4.79 Å². The number of likely N-dealkylation sites (N-methyl/N-ethyl adjacent to an activating group) is 1. The topological polar surface area (TPSA) is 149 Å². The molecule has 15 heteroatoms. The first kappa shape index (κ1) is 33.1. The van der Waals surface area contributed by atoms with Crippen LogP contribution in [0.1, 0.15) is 41.2 Å². The molecule has 0 unspecified atom stereocenters. The molecule has 4 rings (SSSR count). The molecule has 0 spiro atoms. The van der Waals surface area contributed by atoms with Gasteiger partial charge >= 0.3 is 18.2 Å². The number of para-hydroxylation sites is 1. The van der Waals surface area contributed by atoms with Gasteiger partial charge in [0.1, 0.15) is 17.5 Å². The number of alkyl halides is 3. The fourth-order valence-electron chi connectivity index (χ4n) is 4.80. The van der Waals surface area contributed by atoms with E-state index < -0.39 is 41.9 Å². The van der Waals surface area contributed by atoms with Gasteiger partial charge in [0.15, 0.2) is 11.5 Å². The first-order chi connectivity index (χ1) is 21.2. The quantitative estimate of drug-likeness (QED) is 0.275. The number of aromatic nitrogens is 1. The first-order valence-electron chi connectivity index (χ1n) is 14.1. The normalized spacial score (nSPS) is 17.4. The number of hydrogen-bond acceptors (Lipinski definition) is 7. The molecule has 0 radical (unpaired) electrons. The molecule has 5 amide bonds. The standard InChI is InChI=1S/C30H35F3N6O6/c1-16-13-39(17(2)15-40)27(41)22-7-6-8-23(35-28(42)36-25-18(3)37-45-19(25)4)26(22)44-24(16)14-38(5)29(43)34-21-11-9-20(10-12-21)30(31,32)33/h6-12,16-17,24,40H,13-15H2,1-5H3,(H,34,43)(H2,35,36,42)/t16-,17-,24+/m1/s1. The molecule has 45 heavy (non-hydrogen) atoms. The predicted octanol–water partition coefficient (Wildman–Crippen LogP) is 5.34. The van der Waals surface area contributed by atoms with Crippen LogP contribution in [0.15, 0.2) is 47.0 Å². The van der Waals surface area contributed by atoms with Crippen molar-refractivity contribution in [1.82, 2.24) is 15.0 Å². The number of carbonyl (C=O) groups is 3. The molecule has 2 aromatic carbocycles. The molecule has 242 valence electrons. The van der Waals surface area contributed by atoms with Crippen LogP contribution in [0.25, 0.3) is 0 Å². The minimum atomic E-state index is -4.51. The van der Waals surface area contributed by atoms with E-state index in [2.05, 4.69) is 21.1 Å². The Kier molecular flexibility index (Phi) is 9.91. The summed E-state index contributed by atoms with van der Waals surface area (Å²) in [6, 6.07) is 6.94. The number of rotatable bonds is 7. The molecule has 3 aromatic rings. The Balaban J connectivity index is 1.60. The average molecular weight is 633 g/mol. The fourth-order valence-corrected chi connectivity index (χ4v) is 4.80. The van der Waals surface area contributed by atoms with E-state index in [0.717, 1.165) is 24.3 Å². The second-order valence-electron chi connectivity index (χ2n) is 11.0. The molecule has 0 saturated heterocycles. The van der Waals surface area contributed by atoms with E-state index in [4.69, 9.17) is 9.26 Å². The van der Waals surface area contributed by atoms with Crippen LogP contribution in [0, 0.1) is 19.8 Å². The van der Waals surface area contributed by atoms with Crippen LogP contribution < -0.4 is 20.7 Å². The van der Waals surface area contributed by atoms with E-state index in [1.54, 1.807) is 39.0 Å². The lowest BCUT2D eigenvalue weighted by molar-refractivity contribution is -0.137. The minimum absolute atomic E-state index is 0.00220. The summed E-state index contributed by atoms with van der Waals surface area (Å²) in [5.41, 5.74) is 0.499. The van der Waals surface area contributed by atoms with Gasteiger partial charge < -0.3 is 40.1 Å². The lowest BCUT2D eigenvalue weighted by Gasteiger charge is -2.38. The van der Waals surface area contributed by atoms with Crippen molar-refractivity contribution in [3.05, 3.63) is 65.0 Å². The zero-order valence-corrected chi connectivity index (χ0v) is 25.4. The van der Waals surface area contributed by atoms with Crippen molar-refractivity contribution in [2.75, 3.05) is 42.7 Å². The smallest absolute Gasteiger partial charge is 0.416 e. The maximum Gasteiger partial charge on any atom is 0.416 e. The monoisotopic (exact) mass is 632 g/mol. The van der Waals surface area contributed by atoms with E-state index in [1.807, 2.05) is 6.92 Å². The third-order valence-corrected chi connectivity index (χ3v) is 7.48. The molecule has 0 fully saturated rings. The average Bonchev–Trinajstić information content (AvgIpc) is 3.30. The zero-order valence-electron chi connectivity index (χ0n) is 25.4. The molecule has 2 heterocycles. The summed E-state index contributed by atoms with van der Waals surface area (Å²) < 4.78 is 50.3. The largest absolute Gasteiger partial charge is 0.485 e. The van der Waals surface area contributed by atoms with Gasteiger partial charge in [-0.1, -0.05) is 18.1 Å². The molecule has 0 saturated carbocycles. The lowest BCUT2D eigenvalue weighted by Crippen LogP contribution is -2.50. The van der Waals surface area contributed by atoms with Crippen molar-refractivity contribution < 1.29 is 41.9 Å². The van der Waals surface area contributed by atoms with Crippen molar-refractivity contribution in [2.45, 2.75) is 46.0 Å². The number of aliphatic hydroxyl groups is 1. The summed E-state index contributed by atoms with van der Waals surface area (Å²) in [7, 11) is 1.50. The molecule has 0 bridgehead atoms. The van der Waals surface area contributed by atoms with Crippen LogP contribution >= 0.6 is 0 Å². The Labute approximate surface area is 257 Å². The van der Waals surface area contributed by atoms with Crippen LogP contribution in [0.5, 0.6) is 5.75 Å². The summed E-state index contributed by atoms with van der Waals surface area (Å²) in [5, 5.41) is 21.7. The number of aryl methyl sites for hydroxylation is 2. The van der Waals surface area contributed by atoms with E-state index >= 15 is 0 Å². The highest BCUT2D eigenvalue weighted by Crippen LogP contribution is 2.35. The highest BCUT2D eigenvalue weighted by molar-refractivity contribution is 6.04. The van der Waals surface area contributed by atoms with Crippen LogP contribution in [0.3, 0.4) is 0 Å². The molecule has 1 aliphatic heterocycles. The third kappa shape index (κ3) is 7.66. The summed E-state index contributed by atoms with van der Waals surface area (Å²) in [6.45, 7) is 6.71. The van der Waals surface area contributed by atoms with Gasteiger partial charge in [-0.25, -0.2) is 9.59 Å². The number of urea groups is 2. The third-order valence-electron chi connectivity index (χ3n) is 7.48. The highest BCUT2D eigenvalue weighted by atomic mass is 19.4. The summed E-state index contributed by atoms with van der Waals surface area (Å²) >= 11 is 0. The van der Waals surface area contributed by atoms with Crippen LogP contribution in [-0.4, -0.2) is 76.9 Å². The number of anilines is 3. The number of aliphatic hydroxyl groups excluding tert-OH is 1. The van der Waals surface area contributed by atoms with Gasteiger partial charge in [0, 0.05) is 25.2 Å². The summed E-state index contributed by atoms with van der Waals surface area (Å²) in [6.07, 6.45) is -5.23. The van der Waals surface area contributed by atoms with E-state index in [-0.39, 0.29) is 48.3 Å². The molecular formula is C30H35F3N6O6. The fraction of sp³-hybridized carbons (Fsp3) is 0.400. The second kappa shape index (κ2) is 13.5. The van der Waals surface area contributed by atoms with Crippen molar-refractivity contribution >= 4 is 35.0 Å². The molecule has 4 N–H and O–H groups in total. The Morgan fingerprint density at radius 2 is 1.82 bits per heavy atom. The van der Waals surface area contributed by atoms with Gasteiger partial charge in [-0.2, -0.15) is 13.2 Å². The predicted molar refractivity (Wildman–Crippen MR) is 159 cm³/mol. The van der Waals surface area contributed by atoms with Gasteiger partial charge in [0.2, 0.25) is 0 Å². The maximum absolute atomic E-state index is 13.7. The summed E-state index contributed by atoms with van der Waals surface area (Å²) in [4.78, 5) is 42.5. The highest BCUT2D eigenvalue weighted by Gasteiger charge is 2.35. The number of ether oxygens (including phenoxy) is 1. The van der Waals surface area contributed by atoms with Gasteiger partial charge in [0.25, 0.3) is 5.91 Å². The summed E-state index contributed by atoms with van der Waals surface area (Å²) in [5.74, 6) is -0.320. The molecule has 0 aliphatic carbocycles. The van der Waals surface area contributed by atoms with Crippen molar-refractivity contribution in [2.24, 2.45) is 5.92 Å². The number of nitrogens with zero attached hydrogens (tertiary/aromatic N) is 3. The molecular weight excluding hydrogens is 597 g/mol. The van der Waals surface area contributed by atoms with Crippen molar-refractivity contribution in [3.63, 3.8) is 0 Å². The molecule has 12 nitrogen and oxygen atoms in total. The van der Waals surface area contributed by atoms with Gasteiger partial charge in [0.05, 0.1) is 36.0 Å². The number of fused-ring (bicyclic) bond motifs is 1. The molecule has 1 aliphatic rings. The number of benzene rings is 2. The van der Waals surface area contributed by atoms with E-state index in [9.17, 15) is 32.7 Å². The SMILES string of the molecule is Cc1noc(C)c1NC(=O)Nc1cccc2c1O[C@@H](CN(C)C(=O)Nc1ccc(C(F)(F)F)cc1)[C@H](C)CN([C@H](C)CO)C2=O. The maximum atomic E-state index is 13.7. The van der Waals surface area contributed by atoms with Gasteiger partial charge in [-0.05, 0) is 57.2 Å². The number of nitrogens with one attached hydrogen (secondary N) is 3. The Bertz CT molecular complexity index is 1520. The van der Waals surface area contributed by atoms with Crippen LogP contribution in [0.2, 0.25) is 0 Å². The zero-order chi connectivity index (χ0) is 33.1. The van der Waals surface area contributed by atoms with Crippen molar-refractivity contribution in [3.8, 4) is 5.75 Å². The first-order valence-corrected chi connectivity index (χ1v) is 14.1. The van der Waals surface area contributed by atoms with Crippen molar-refractivity contribution in [1.29, 1.82) is 0 Å².